The fourth-order valence-corrected chi connectivity index (χ4v) is 1.96. The van der Waals surface area contributed by atoms with Gasteiger partial charge < -0.3 is 10.6 Å². The molecule has 1 rings (SSSR count). The molecule has 1 aliphatic rings. The van der Waals surface area contributed by atoms with E-state index in [1.165, 1.54) is 5.57 Å². The Morgan fingerprint density at radius 3 is 2.56 bits per heavy atom. The van der Waals surface area contributed by atoms with E-state index >= 15 is 0 Å². The minimum atomic E-state index is -0.329. The van der Waals surface area contributed by atoms with E-state index in [-0.39, 0.29) is 17.4 Å². The van der Waals surface area contributed by atoms with E-state index < -0.39 is 0 Å². The van der Waals surface area contributed by atoms with Gasteiger partial charge in [0.05, 0.1) is 6.04 Å². The summed E-state index contributed by atoms with van der Waals surface area (Å²) in [5.74, 6) is 0.0895. The number of carbonyl (C=O) groups excluding carboxylic acids is 1. The molecule has 3 heteroatoms. The van der Waals surface area contributed by atoms with E-state index in [0.717, 1.165) is 19.5 Å². The van der Waals surface area contributed by atoms with E-state index in [4.69, 9.17) is 5.73 Å². The third-order valence-corrected chi connectivity index (χ3v) is 3.24. The summed E-state index contributed by atoms with van der Waals surface area (Å²) in [5, 5.41) is 0. The molecule has 0 spiro atoms. The van der Waals surface area contributed by atoms with Crippen LogP contribution in [0.3, 0.4) is 0 Å². The Balaban J connectivity index is 2.61. The lowest BCUT2D eigenvalue weighted by molar-refractivity contribution is -0.132. The molecule has 0 aromatic heterocycles. The molecular formula is C13H24N2O. The summed E-state index contributed by atoms with van der Waals surface area (Å²) in [5.41, 5.74) is 7.43. The molecule has 1 heterocycles. The first-order valence-corrected chi connectivity index (χ1v) is 6.10. The Hall–Kier alpha value is -0.830. The Kier molecular flexibility index (Phi) is 4.14. The van der Waals surface area contributed by atoms with Gasteiger partial charge in [-0.25, -0.2) is 0 Å². The second-order valence-corrected chi connectivity index (χ2v) is 5.53. The third kappa shape index (κ3) is 3.08. The molecule has 0 aromatic rings. The van der Waals surface area contributed by atoms with Gasteiger partial charge in [-0.05, 0) is 18.3 Å². The maximum absolute atomic E-state index is 11.9. The fraction of sp³-hybridized carbons (Fsp3) is 0.769. The van der Waals surface area contributed by atoms with Crippen LogP contribution < -0.4 is 5.73 Å². The van der Waals surface area contributed by atoms with E-state index in [1.54, 1.807) is 0 Å². The molecule has 0 radical (unpaired) electrons. The largest absolute Gasteiger partial charge is 0.337 e. The van der Waals surface area contributed by atoms with Crippen LogP contribution in [0.1, 0.15) is 40.5 Å². The molecule has 2 N–H and O–H groups in total. The normalized spacial score (nSPS) is 19.3. The summed E-state index contributed by atoms with van der Waals surface area (Å²) in [4.78, 5) is 13.7. The zero-order chi connectivity index (χ0) is 12.3. The first-order chi connectivity index (χ1) is 7.36. The van der Waals surface area contributed by atoms with Crippen LogP contribution in [0.15, 0.2) is 11.6 Å². The quantitative estimate of drug-likeness (QED) is 0.728. The lowest BCUT2D eigenvalue weighted by atomic mass is 9.83. The van der Waals surface area contributed by atoms with Crippen LogP contribution in [0, 0.1) is 5.41 Å². The number of hydrogen-bond donors (Lipinski definition) is 1. The Morgan fingerprint density at radius 1 is 1.56 bits per heavy atom. The molecule has 0 fully saturated rings. The highest BCUT2D eigenvalue weighted by Crippen LogP contribution is 2.30. The number of hydrogen-bond acceptors (Lipinski definition) is 2. The lowest BCUT2D eigenvalue weighted by Crippen LogP contribution is -2.45. The second-order valence-electron chi connectivity index (χ2n) is 5.53. The SMILES string of the molecule is CCC(N)C(=O)N1CC=C(C(C)(C)C)CC1. The summed E-state index contributed by atoms with van der Waals surface area (Å²) < 4.78 is 0. The monoisotopic (exact) mass is 224 g/mol. The van der Waals surface area contributed by atoms with Crippen LogP contribution in [-0.4, -0.2) is 29.9 Å². The molecule has 1 unspecified atom stereocenters. The van der Waals surface area contributed by atoms with E-state index in [9.17, 15) is 4.79 Å². The van der Waals surface area contributed by atoms with Crippen molar-refractivity contribution in [3.05, 3.63) is 11.6 Å². The third-order valence-electron chi connectivity index (χ3n) is 3.24. The Morgan fingerprint density at radius 2 is 2.19 bits per heavy atom. The smallest absolute Gasteiger partial charge is 0.239 e. The minimum Gasteiger partial charge on any atom is -0.337 e. The van der Waals surface area contributed by atoms with Crippen LogP contribution in [0.2, 0.25) is 0 Å². The maximum atomic E-state index is 11.9. The van der Waals surface area contributed by atoms with Crippen molar-refractivity contribution in [2.75, 3.05) is 13.1 Å². The van der Waals surface area contributed by atoms with Crippen molar-refractivity contribution < 1.29 is 4.79 Å². The Bertz CT molecular complexity index is 289. The molecule has 0 aliphatic carbocycles. The number of carbonyl (C=O) groups is 1. The number of amides is 1. The minimum absolute atomic E-state index is 0.0895. The van der Waals surface area contributed by atoms with E-state index in [2.05, 4.69) is 26.8 Å². The van der Waals surface area contributed by atoms with E-state index in [0.29, 0.717) is 6.42 Å². The van der Waals surface area contributed by atoms with Crippen LogP contribution in [0.5, 0.6) is 0 Å². The van der Waals surface area contributed by atoms with Crippen LogP contribution in [-0.2, 0) is 4.79 Å². The van der Waals surface area contributed by atoms with E-state index in [1.807, 2.05) is 11.8 Å². The number of nitrogens with two attached hydrogens (primary N) is 1. The Labute approximate surface area is 98.7 Å². The van der Waals surface area contributed by atoms with Gasteiger partial charge in [-0.2, -0.15) is 0 Å². The van der Waals surface area contributed by atoms with Gasteiger partial charge in [0.2, 0.25) is 5.91 Å². The van der Waals surface area contributed by atoms with Gasteiger partial charge in [0.15, 0.2) is 0 Å². The summed E-state index contributed by atoms with van der Waals surface area (Å²) >= 11 is 0. The van der Waals surface area contributed by atoms with Crippen molar-refractivity contribution in [3.8, 4) is 0 Å². The van der Waals surface area contributed by atoms with Gasteiger partial charge in [0, 0.05) is 13.1 Å². The number of rotatable bonds is 2. The van der Waals surface area contributed by atoms with Gasteiger partial charge in [-0.3, -0.25) is 4.79 Å². The summed E-state index contributed by atoms with van der Waals surface area (Å²) in [6.45, 7) is 10.1. The highest BCUT2D eigenvalue weighted by atomic mass is 16.2. The first kappa shape index (κ1) is 13.2. The molecule has 1 atom stereocenters. The maximum Gasteiger partial charge on any atom is 0.239 e. The summed E-state index contributed by atoms with van der Waals surface area (Å²) in [6, 6.07) is -0.329. The van der Waals surface area contributed by atoms with Crippen molar-refractivity contribution in [1.82, 2.24) is 4.90 Å². The summed E-state index contributed by atoms with van der Waals surface area (Å²) in [7, 11) is 0. The van der Waals surface area contributed by atoms with Gasteiger partial charge in [-0.1, -0.05) is 39.3 Å². The topological polar surface area (TPSA) is 46.3 Å². The van der Waals surface area contributed by atoms with Crippen molar-refractivity contribution in [2.24, 2.45) is 11.1 Å². The van der Waals surface area contributed by atoms with Crippen LogP contribution in [0.25, 0.3) is 0 Å². The average Bonchev–Trinajstić information content (AvgIpc) is 2.26. The summed E-state index contributed by atoms with van der Waals surface area (Å²) in [6.07, 6.45) is 3.88. The van der Waals surface area contributed by atoms with Crippen molar-refractivity contribution in [3.63, 3.8) is 0 Å². The highest BCUT2D eigenvalue weighted by Gasteiger charge is 2.25. The molecule has 0 bridgehead atoms. The molecular weight excluding hydrogens is 200 g/mol. The second kappa shape index (κ2) is 5.00. The predicted molar refractivity (Wildman–Crippen MR) is 67.0 cm³/mol. The zero-order valence-corrected chi connectivity index (χ0v) is 10.9. The molecule has 0 saturated carbocycles. The van der Waals surface area contributed by atoms with Crippen LogP contribution in [0.4, 0.5) is 0 Å². The van der Waals surface area contributed by atoms with Gasteiger partial charge in [-0.15, -0.1) is 0 Å². The molecule has 0 saturated heterocycles. The van der Waals surface area contributed by atoms with Crippen LogP contribution >= 0.6 is 0 Å². The number of nitrogens with zero attached hydrogens (tertiary/aromatic N) is 1. The zero-order valence-electron chi connectivity index (χ0n) is 10.9. The standard InChI is InChI=1S/C13H24N2O/c1-5-11(14)12(16)15-8-6-10(7-9-15)13(2,3)4/h6,11H,5,7-9,14H2,1-4H3. The molecule has 0 aromatic carbocycles. The molecule has 1 amide bonds. The molecule has 1 aliphatic heterocycles. The van der Waals surface area contributed by atoms with Gasteiger partial charge >= 0.3 is 0 Å². The molecule has 92 valence electrons. The fourth-order valence-electron chi connectivity index (χ4n) is 1.96. The van der Waals surface area contributed by atoms with Crippen molar-refractivity contribution in [1.29, 1.82) is 0 Å². The predicted octanol–water partition coefficient (Wildman–Crippen LogP) is 1.93. The van der Waals surface area contributed by atoms with Crippen molar-refractivity contribution >= 4 is 5.91 Å². The van der Waals surface area contributed by atoms with Gasteiger partial charge in [0.25, 0.3) is 0 Å². The molecule has 16 heavy (non-hydrogen) atoms. The van der Waals surface area contributed by atoms with Gasteiger partial charge in [0.1, 0.15) is 0 Å². The van der Waals surface area contributed by atoms with Crippen molar-refractivity contribution in [2.45, 2.75) is 46.6 Å². The average molecular weight is 224 g/mol. The molecule has 3 nitrogen and oxygen atoms in total. The first-order valence-electron chi connectivity index (χ1n) is 6.10. The highest BCUT2D eigenvalue weighted by molar-refractivity contribution is 5.81. The lowest BCUT2D eigenvalue weighted by Gasteiger charge is -2.33.